The summed E-state index contributed by atoms with van der Waals surface area (Å²) in [6.07, 6.45) is 0. The fourth-order valence-corrected chi connectivity index (χ4v) is 5.56. The second kappa shape index (κ2) is 11.2. The van der Waals surface area contributed by atoms with Crippen molar-refractivity contribution in [1.29, 1.82) is 0 Å². The van der Waals surface area contributed by atoms with E-state index in [2.05, 4.69) is 10.6 Å². The predicted molar refractivity (Wildman–Crippen MR) is 139 cm³/mol. The first-order chi connectivity index (χ1) is 17.0. The number of nitrogens with zero attached hydrogens (tertiary/aromatic N) is 1. The summed E-state index contributed by atoms with van der Waals surface area (Å²) in [5.41, 5.74) is 3.58. The molecule has 2 atom stereocenters. The zero-order valence-corrected chi connectivity index (χ0v) is 20.8. The molecule has 4 rings (SSSR count). The second-order valence-corrected chi connectivity index (χ2v) is 9.27. The van der Waals surface area contributed by atoms with E-state index in [1.807, 2.05) is 67.6 Å². The molecule has 3 amide bonds. The van der Waals surface area contributed by atoms with Gasteiger partial charge in [-0.05, 0) is 47.9 Å². The zero-order valence-electron chi connectivity index (χ0n) is 20.0. The van der Waals surface area contributed by atoms with Crippen molar-refractivity contribution in [1.82, 2.24) is 10.2 Å². The number of carbonyl (C=O) groups excluding carboxylic acids is 2. The van der Waals surface area contributed by atoms with Crippen molar-refractivity contribution >= 4 is 29.4 Å². The Kier molecular flexibility index (Phi) is 7.82. The highest BCUT2D eigenvalue weighted by atomic mass is 32.2. The van der Waals surface area contributed by atoms with E-state index in [9.17, 15) is 9.59 Å². The average molecular weight is 492 g/mol. The molecule has 2 N–H and O–H groups in total. The number of ether oxygens (including phenoxy) is 2. The molecule has 3 aromatic carbocycles. The molecule has 182 valence electrons. The molecule has 1 aliphatic heterocycles. The second-order valence-electron chi connectivity index (χ2n) is 8.16. The third-order valence-corrected chi connectivity index (χ3v) is 7.27. The molecule has 0 unspecified atom stereocenters. The highest BCUT2D eigenvalue weighted by molar-refractivity contribution is 7.99. The Bertz CT molecular complexity index is 1190. The molecule has 1 fully saturated rings. The Morgan fingerprint density at radius 1 is 0.971 bits per heavy atom. The number of urea groups is 1. The minimum Gasteiger partial charge on any atom is -0.497 e. The van der Waals surface area contributed by atoms with Gasteiger partial charge in [0.2, 0.25) is 5.91 Å². The van der Waals surface area contributed by atoms with Crippen LogP contribution < -0.4 is 20.1 Å². The molecule has 8 heteroatoms. The number of nitrogens with one attached hydrogen (secondary N) is 2. The van der Waals surface area contributed by atoms with Crippen LogP contribution in [0.5, 0.6) is 11.5 Å². The summed E-state index contributed by atoms with van der Waals surface area (Å²) < 4.78 is 10.6. The van der Waals surface area contributed by atoms with Crippen molar-refractivity contribution in [3.8, 4) is 11.5 Å². The van der Waals surface area contributed by atoms with Crippen LogP contribution in [-0.4, -0.2) is 42.9 Å². The highest BCUT2D eigenvalue weighted by Gasteiger charge is 2.43. The van der Waals surface area contributed by atoms with Gasteiger partial charge >= 0.3 is 6.03 Å². The number of carbonyl (C=O) groups is 2. The van der Waals surface area contributed by atoms with Gasteiger partial charge in [0.1, 0.15) is 22.9 Å². The van der Waals surface area contributed by atoms with Gasteiger partial charge in [-0.25, -0.2) is 4.79 Å². The van der Waals surface area contributed by atoms with Crippen molar-refractivity contribution in [3.05, 3.63) is 89.5 Å². The SMILES string of the molecule is COc1ccc(CNC(=O)[C@@H]2CS[C@H](c3ccccc3C)N2C(=O)Nc2ccccc2OC)cc1. The van der Waals surface area contributed by atoms with Gasteiger partial charge < -0.3 is 20.1 Å². The molecule has 0 saturated carbocycles. The van der Waals surface area contributed by atoms with E-state index in [0.29, 0.717) is 23.7 Å². The number of thioether (sulfide) groups is 1. The van der Waals surface area contributed by atoms with Gasteiger partial charge in [-0.2, -0.15) is 0 Å². The van der Waals surface area contributed by atoms with Gasteiger partial charge in [-0.1, -0.05) is 48.5 Å². The molecule has 0 aromatic heterocycles. The van der Waals surface area contributed by atoms with E-state index < -0.39 is 6.04 Å². The van der Waals surface area contributed by atoms with Gasteiger partial charge in [-0.15, -0.1) is 11.8 Å². The van der Waals surface area contributed by atoms with E-state index >= 15 is 0 Å². The average Bonchev–Trinajstić information content (AvgIpc) is 3.33. The normalized spacial score (nSPS) is 17.1. The van der Waals surface area contributed by atoms with E-state index in [4.69, 9.17) is 9.47 Å². The monoisotopic (exact) mass is 491 g/mol. The topological polar surface area (TPSA) is 79.9 Å². The Hall–Kier alpha value is -3.65. The van der Waals surface area contributed by atoms with Gasteiger partial charge in [0.05, 0.1) is 19.9 Å². The molecule has 1 heterocycles. The van der Waals surface area contributed by atoms with Crippen LogP contribution in [0.1, 0.15) is 22.1 Å². The largest absolute Gasteiger partial charge is 0.497 e. The lowest BCUT2D eigenvalue weighted by Gasteiger charge is -2.30. The molecule has 0 spiro atoms. The standard InChI is InChI=1S/C27H29N3O4S/c1-18-8-4-5-9-21(18)26-30(27(32)29-22-10-6-7-11-24(22)34-3)23(17-35-26)25(31)28-16-19-12-14-20(33-2)15-13-19/h4-15,23,26H,16-17H2,1-3H3,(H,28,31)(H,29,32)/t23-,26+/m0/s1. The summed E-state index contributed by atoms with van der Waals surface area (Å²) in [6.45, 7) is 2.38. The number of rotatable bonds is 7. The quantitative estimate of drug-likeness (QED) is 0.488. The molecule has 0 bridgehead atoms. The maximum Gasteiger partial charge on any atom is 0.323 e. The zero-order chi connectivity index (χ0) is 24.8. The minimum absolute atomic E-state index is 0.195. The van der Waals surface area contributed by atoms with Gasteiger partial charge in [-0.3, -0.25) is 9.69 Å². The number of para-hydroxylation sites is 2. The third-order valence-electron chi connectivity index (χ3n) is 5.97. The predicted octanol–water partition coefficient (Wildman–Crippen LogP) is 4.98. The fourth-order valence-electron chi connectivity index (χ4n) is 4.04. The first-order valence-electron chi connectivity index (χ1n) is 11.3. The summed E-state index contributed by atoms with van der Waals surface area (Å²) in [4.78, 5) is 28.5. The number of hydrogen-bond donors (Lipinski definition) is 2. The fraction of sp³-hybridized carbons (Fsp3) is 0.259. The van der Waals surface area contributed by atoms with Gasteiger partial charge in [0.25, 0.3) is 0 Å². The van der Waals surface area contributed by atoms with Crippen LogP contribution in [0.3, 0.4) is 0 Å². The molecule has 3 aromatic rings. The highest BCUT2D eigenvalue weighted by Crippen LogP contribution is 2.43. The lowest BCUT2D eigenvalue weighted by Crippen LogP contribution is -2.49. The van der Waals surface area contributed by atoms with E-state index in [1.165, 1.54) is 0 Å². The molecule has 0 aliphatic carbocycles. The molecular weight excluding hydrogens is 462 g/mol. The number of hydrogen-bond acceptors (Lipinski definition) is 5. The molecule has 7 nitrogen and oxygen atoms in total. The Morgan fingerprint density at radius 3 is 2.40 bits per heavy atom. The van der Waals surface area contributed by atoms with Crippen molar-refractivity contribution in [2.75, 3.05) is 25.3 Å². The number of aryl methyl sites for hydroxylation is 1. The van der Waals surface area contributed by atoms with Crippen LogP contribution in [0.25, 0.3) is 0 Å². The summed E-state index contributed by atoms with van der Waals surface area (Å²) in [5.74, 6) is 1.61. The van der Waals surface area contributed by atoms with Crippen LogP contribution in [0.15, 0.2) is 72.8 Å². The van der Waals surface area contributed by atoms with Crippen molar-refractivity contribution in [3.63, 3.8) is 0 Å². The Balaban J connectivity index is 1.56. The molecule has 35 heavy (non-hydrogen) atoms. The smallest absolute Gasteiger partial charge is 0.323 e. The lowest BCUT2D eigenvalue weighted by atomic mass is 10.1. The van der Waals surface area contributed by atoms with Crippen LogP contribution in [-0.2, 0) is 11.3 Å². The number of benzene rings is 3. The number of amides is 3. The molecule has 1 saturated heterocycles. The first kappa shape index (κ1) is 24.5. The summed E-state index contributed by atoms with van der Waals surface area (Å²) >= 11 is 1.59. The van der Waals surface area contributed by atoms with Crippen LogP contribution in [0.4, 0.5) is 10.5 Å². The minimum atomic E-state index is -0.627. The Labute approximate surface area is 209 Å². The summed E-state index contributed by atoms with van der Waals surface area (Å²) in [7, 11) is 3.17. The van der Waals surface area contributed by atoms with Crippen molar-refractivity contribution < 1.29 is 19.1 Å². The molecular formula is C27H29N3O4S. The van der Waals surface area contributed by atoms with Gasteiger partial charge in [0.15, 0.2) is 0 Å². The van der Waals surface area contributed by atoms with E-state index in [-0.39, 0.29) is 17.3 Å². The van der Waals surface area contributed by atoms with Crippen LogP contribution in [0.2, 0.25) is 0 Å². The first-order valence-corrected chi connectivity index (χ1v) is 12.4. The van der Waals surface area contributed by atoms with Crippen LogP contribution >= 0.6 is 11.8 Å². The maximum atomic E-state index is 13.6. The summed E-state index contributed by atoms with van der Waals surface area (Å²) in [6, 6.07) is 21.7. The third kappa shape index (κ3) is 5.54. The molecule has 1 aliphatic rings. The Morgan fingerprint density at radius 2 is 1.69 bits per heavy atom. The molecule has 0 radical (unpaired) electrons. The number of anilines is 1. The van der Waals surface area contributed by atoms with Crippen LogP contribution in [0, 0.1) is 6.92 Å². The van der Waals surface area contributed by atoms with Gasteiger partial charge in [0, 0.05) is 12.3 Å². The van der Waals surface area contributed by atoms with Crippen molar-refractivity contribution in [2.45, 2.75) is 24.9 Å². The maximum absolute atomic E-state index is 13.6. The van der Waals surface area contributed by atoms with E-state index in [0.717, 1.165) is 22.4 Å². The number of methoxy groups -OCH3 is 2. The van der Waals surface area contributed by atoms with E-state index in [1.54, 1.807) is 43.0 Å². The van der Waals surface area contributed by atoms with Crippen molar-refractivity contribution in [2.24, 2.45) is 0 Å². The lowest BCUT2D eigenvalue weighted by molar-refractivity contribution is -0.124. The summed E-state index contributed by atoms with van der Waals surface area (Å²) in [5, 5.41) is 5.66.